The fourth-order valence-corrected chi connectivity index (χ4v) is 1.85. The van der Waals surface area contributed by atoms with Crippen LogP contribution in [-0.4, -0.2) is 5.97 Å². The number of benzene rings is 1. The van der Waals surface area contributed by atoms with Crippen molar-refractivity contribution in [1.82, 2.24) is 0 Å². The van der Waals surface area contributed by atoms with Gasteiger partial charge in [-0.15, -0.1) is 0 Å². The summed E-state index contributed by atoms with van der Waals surface area (Å²) < 4.78 is 6.67. The van der Waals surface area contributed by atoms with Crippen molar-refractivity contribution in [3.05, 3.63) is 32.2 Å². The highest BCUT2D eigenvalue weighted by Crippen LogP contribution is 2.30. The first-order valence-corrected chi connectivity index (χ1v) is 4.92. The Morgan fingerprint density at radius 3 is 2.67 bits per heavy atom. The van der Waals surface area contributed by atoms with E-state index in [4.69, 9.17) is 4.74 Å². The predicted octanol–water partition coefficient (Wildman–Crippen LogP) is 2.88. The molecule has 0 spiro atoms. The second-order valence-electron chi connectivity index (χ2n) is 2.50. The van der Waals surface area contributed by atoms with Crippen molar-refractivity contribution in [2.45, 2.75) is 6.61 Å². The van der Waals surface area contributed by atoms with E-state index in [1.54, 1.807) is 6.07 Å². The number of carbonyl (C=O) groups excluding carboxylic acids is 1. The summed E-state index contributed by atoms with van der Waals surface area (Å²) in [4.78, 5) is 11.1. The molecule has 0 amide bonds. The minimum Gasteiger partial charge on any atom is -0.457 e. The smallest absolute Gasteiger partial charge is 0.338 e. The molecule has 1 heterocycles. The molecule has 0 bridgehead atoms. The second kappa shape index (κ2) is 2.85. The van der Waals surface area contributed by atoms with Crippen molar-refractivity contribution >= 4 is 37.8 Å². The van der Waals surface area contributed by atoms with Gasteiger partial charge in [-0.1, -0.05) is 0 Å². The molecule has 0 aliphatic carbocycles. The van der Waals surface area contributed by atoms with E-state index in [9.17, 15) is 4.79 Å². The molecule has 62 valence electrons. The Morgan fingerprint density at radius 1 is 1.25 bits per heavy atom. The van der Waals surface area contributed by atoms with Gasteiger partial charge in [0.05, 0.1) is 5.56 Å². The van der Waals surface area contributed by atoms with Gasteiger partial charge >= 0.3 is 5.97 Å². The standard InChI is InChI=1S/C8H4Br2O2/c9-6-1-4-3-12-8(11)5(4)2-7(6)10/h1-2H,3H2. The highest BCUT2D eigenvalue weighted by atomic mass is 79.9. The first-order chi connectivity index (χ1) is 5.68. The fourth-order valence-electron chi connectivity index (χ4n) is 1.12. The number of halogens is 2. The van der Waals surface area contributed by atoms with E-state index >= 15 is 0 Å². The molecule has 4 heteroatoms. The highest BCUT2D eigenvalue weighted by Gasteiger charge is 2.21. The zero-order valence-electron chi connectivity index (χ0n) is 5.93. The maximum Gasteiger partial charge on any atom is 0.338 e. The van der Waals surface area contributed by atoms with Crippen LogP contribution in [0.15, 0.2) is 21.1 Å². The van der Waals surface area contributed by atoms with Crippen molar-refractivity contribution < 1.29 is 9.53 Å². The number of ether oxygens (including phenoxy) is 1. The van der Waals surface area contributed by atoms with Gasteiger partial charge in [-0.05, 0) is 44.0 Å². The van der Waals surface area contributed by atoms with Gasteiger partial charge in [0.1, 0.15) is 6.61 Å². The summed E-state index contributed by atoms with van der Waals surface area (Å²) in [5, 5.41) is 0. The van der Waals surface area contributed by atoms with Crippen molar-refractivity contribution in [3.63, 3.8) is 0 Å². The van der Waals surface area contributed by atoms with E-state index in [0.717, 1.165) is 14.5 Å². The summed E-state index contributed by atoms with van der Waals surface area (Å²) >= 11 is 6.68. The summed E-state index contributed by atoms with van der Waals surface area (Å²) in [5.41, 5.74) is 1.60. The van der Waals surface area contributed by atoms with Crippen LogP contribution >= 0.6 is 31.9 Å². The third kappa shape index (κ3) is 1.19. The van der Waals surface area contributed by atoms with Crippen LogP contribution in [0.5, 0.6) is 0 Å². The molecule has 0 atom stereocenters. The number of hydrogen-bond acceptors (Lipinski definition) is 2. The molecule has 1 aromatic carbocycles. The molecule has 12 heavy (non-hydrogen) atoms. The Balaban J connectivity index is 2.63. The van der Waals surface area contributed by atoms with Gasteiger partial charge in [0.2, 0.25) is 0 Å². The summed E-state index contributed by atoms with van der Waals surface area (Å²) in [6.45, 7) is 0.389. The van der Waals surface area contributed by atoms with Crippen LogP contribution in [0.25, 0.3) is 0 Å². The molecule has 1 aromatic rings. The summed E-state index contributed by atoms with van der Waals surface area (Å²) in [7, 11) is 0. The monoisotopic (exact) mass is 290 g/mol. The van der Waals surface area contributed by atoms with Crippen LogP contribution in [0, 0.1) is 0 Å². The quantitative estimate of drug-likeness (QED) is 0.687. The third-order valence-electron chi connectivity index (χ3n) is 1.72. The van der Waals surface area contributed by atoms with Crippen LogP contribution in [0.2, 0.25) is 0 Å². The number of rotatable bonds is 0. The van der Waals surface area contributed by atoms with E-state index in [-0.39, 0.29) is 5.97 Å². The lowest BCUT2D eigenvalue weighted by Gasteiger charge is -1.97. The number of esters is 1. The van der Waals surface area contributed by atoms with E-state index in [2.05, 4.69) is 31.9 Å². The first-order valence-electron chi connectivity index (χ1n) is 3.33. The van der Waals surface area contributed by atoms with Gasteiger partial charge in [-0.2, -0.15) is 0 Å². The van der Waals surface area contributed by atoms with Gasteiger partial charge < -0.3 is 4.74 Å². The summed E-state index contributed by atoms with van der Waals surface area (Å²) in [6, 6.07) is 3.67. The van der Waals surface area contributed by atoms with Crippen molar-refractivity contribution in [3.8, 4) is 0 Å². The lowest BCUT2D eigenvalue weighted by Crippen LogP contribution is -1.93. The van der Waals surface area contributed by atoms with Crippen LogP contribution in [-0.2, 0) is 11.3 Å². The Bertz CT molecular complexity index is 360. The van der Waals surface area contributed by atoms with E-state index in [0.29, 0.717) is 12.2 Å². The predicted molar refractivity (Wildman–Crippen MR) is 51.0 cm³/mol. The zero-order chi connectivity index (χ0) is 8.72. The molecule has 0 unspecified atom stereocenters. The van der Waals surface area contributed by atoms with Gasteiger partial charge in [-0.3, -0.25) is 0 Å². The lowest BCUT2D eigenvalue weighted by atomic mass is 10.1. The van der Waals surface area contributed by atoms with Gasteiger partial charge in [-0.25, -0.2) is 4.79 Å². The molecule has 0 N–H and O–H groups in total. The van der Waals surface area contributed by atoms with Gasteiger partial charge in [0.15, 0.2) is 0 Å². The normalized spacial score (nSPS) is 14.3. The number of hydrogen-bond donors (Lipinski definition) is 0. The maximum atomic E-state index is 11.1. The van der Waals surface area contributed by atoms with Crippen LogP contribution in [0.1, 0.15) is 15.9 Å². The molecular formula is C8H4Br2O2. The molecular weight excluding hydrogens is 288 g/mol. The molecule has 1 aliphatic rings. The second-order valence-corrected chi connectivity index (χ2v) is 4.21. The Hall–Kier alpha value is -0.350. The fraction of sp³-hybridized carbons (Fsp3) is 0.125. The molecule has 0 radical (unpaired) electrons. The first kappa shape index (κ1) is 8.26. The highest BCUT2D eigenvalue weighted by molar-refractivity contribution is 9.13. The topological polar surface area (TPSA) is 26.3 Å². The number of cyclic esters (lactones) is 1. The Morgan fingerprint density at radius 2 is 1.92 bits per heavy atom. The summed E-state index contributed by atoms with van der Waals surface area (Å²) in [5.74, 6) is -0.238. The van der Waals surface area contributed by atoms with Crippen molar-refractivity contribution in [2.75, 3.05) is 0 Å². The van der Waals surface area contributed by atoms with Crippen LogP contribution < -0.4 is 0 Å². The molecule has 2 nitrogen and oxygen atoms in total. The third-order valence-corrected chi connectivity index (χ3v) is 3.57. The molecule has 0 aromatic heterocycles. The van der Waals surface area contributed by atoms with E-state index in [1.165, 1.54) is 0 Å². The minimum atomic E-state index is -0.238. The average Bonchev–Trinajstić information content (AvgIpc) is 2.35. The Kier molecular flexibility index (Phi) is 1.96. The zero-order valence-corrected chi connectivity index (χ0v) is 9.11. The molecule has 0 saturated carbocycles. The molecule has 0 fully saturated rings. The van der Waals surface area contributed by atoms with Gasteiger partial charge in [0.25, 0.3) is 0 Å². The number of carbonyl (C=O) groups is 1. The SMILES string of the molecule is O=C1OCc2cc(Br)c(Br)cc21. The van der Waals surface area contributed by atoms with Crippen molar-refractivity contribution in [1.29, 1.82) is 0 Å². The number of fused-ring (bicyclic) bond motifs is 1. The molecule has 2 rings (SSSR count). The summed E-state index contributed by atoms with van der Waals surface area (Å²) in [6.07, 6.45) is 0. The van der Waals surface area contributed by atoms with Crippen LogP contribution in [0.3, 0.4) is 0 Å². The average molecular weight is 292 g/mol. The lowest BCUT2D eigenvalue weighted by molar-refractivity contribution is 0.0535. The Labute approximate surface area is 86.2 Å². The van der Waals surface area contributed by atoms with E-state index < -0.39 is 0 Å². The van der Waals surface area contributed by atoms with Crippen LogP contribution in [0.4, 0.5) is 0 Å². The van der Waals surface area contributed by atoms with Crippen molar-refractivity contribution in [2.24, 2.45) is 0 Å². The largest absolute Gasteiger partial charge is 0.457 e. The van der Waals surface area contributed by atoms with Gasteiger partial charge in [0, 0.05) is 14.5 Å². The molecule has 1 aliphatic heterocycles. The minimum absolute atomic E-state index is 0.238. The molecule has 0 saturated heterocycles. The maximum absolute atomic E-state index is 11.1. The van der Waals surface area contributed by atoms with E-state index in [1.807, 2.05) is 6.07 Å².